The predicted octanol–water partition coefficient (Wildman–Crippen LogP) is 1.67. The highest BCUT2D eigenvalue weighted by molar-refractivity contribution is 6.48. The summed E-state index contributed by atoms with van der Waals surface area (Å²) >= 11 is 0. The summed E-state index contributed by atoms with van der Waals surface area (Å²) in [4.78, 5) is 0. The first-order chi connectivity index (χ1) is 6.80. The molecule has 0 spiro atoms. The van der Waals surface area contributed by atoms with Crippen LogP contribution in [-0.2, 0) is 9.16 Å². The van der Waals surface area contributed by atoms with E-state index in [1.807, 2.05) is 13.1 Å². The summed E-state index contributed by atoms with van der Waals surface area (Å²) in [7, 11) is -1.46. The van der Waals surface area contributed by atoms with Crippen molar-refractivity contribution in [3.05, 3.63) is 23.7 Å². The molecule has 0 bridgehead atoms. The van der Waals surface area contributed by atoms with Crippen molar-refractivity contribution in [3.8, 4) is 0 Å². The molecule has 1 aliphatic rings. The number of aliphatic hydroxyl groups is 1. The molecular formula is C8H11F3O3Si. The first-order valence-corrected chi connectivity index (χ1v) is 7.09. The van der Waals surface area contributed by atoms with E-state index >= 15 is 0 Å². The molecule has 0 saturated heterocycles. The summed E-state index contributed by atoms with van der Waals surface area (Å²) < 4.78 is 45.9. The Morgan fingerprint density at radius 1 is 1.40 bits per heavy atom. The van der Waals surface area contributed by atoms with E-state index < -0.39 is 27.3 Å². The lowest BCUT2D eigenvalue weighted by molar-refractivity contribution is -0.168. The number of alkyl halides is 3. The summed E-state index contributed by atoms with van der Waals surface area (Å²) in [5.41, 5.74) is 0. The van der Waals surface area contributed by atoms with E-state index in [2.05, 4.69) is 4.74 Å². The van der Waals surface area contributed by atoms with Gasteiger partial charge in [-0.1, -0.05) is 0 Å². The third-order valence-corrected chi connectivity index (χ3v) is 2.28. The van der Waals surface area contributed by atoms with E-state index in [9.17, 15) is 18.3 Å². The highest BCUT2D eigenvalue weighted by Gasteiger charge is 2.39. The lowest BCUT2D eigenvalue weighted by Crippen LogP contribution is -2.27. The van der Waals surface area contributed by atoms with Crippen LogP contribution in [0.15, 0.2) is 23.7 Å². The number of allylic oxidation sites excluding steroid dienone is 3. The molecule has 1 unspecified atom stereocenters. The van der Waals surface area contributed by atoms with Crippen molar-refractivity contribution in [2.75, 3.05) is 0 Å². The molecule has 0 fully saturated rings. The molecule has 1 N–H and O–H groups in total. The van der Waals surface area contributed by atoms with Crippen LogP contribution >= 0.6 is 0 Å². The molecule has 7 heteroatoms. The number of rotatable bonds is 2. The third-order valence-electron chi connectivity index (χ3n) is 1.53. The van der Waals surface area contributed by atoms with E-state index in [1.54, 1.807) is 0 Å². The van der Waals surface area contributed by atoms with Gasteiger partial charge >= 0.3 is 6.18 Å². The Morgan fingerprint density at radius 3 is 2.40 bits per heavy atom. The van der Waals surface area contributed by atoms with E-state index in [4.69, 9.17) is 4.43 Å². The summed E-state index contributed by atoms with van der Waals surface area (Å²) in [6.45, 7) is 3.66. The smallest absolute Gasteiger partial charge is 0.449 e. The van der Waals surface area contributed by atoms with Gasteiger partial charge in [-0.05, 0) is 25.2 Å². The van der Waals surface area contributed by atoms with Crippen molar-refractivity contribution < 1.29 is 27.4 Å². The first-order valence-electron chi connectivity index (χ1n) is 4.31. The summed E-state index contributed by atoms with van der Waals surface area (Å²) in [6, 6.07) is 0. The average Bonchev–Trinajstić information content (AvgIpc) is 2.05. The average molecular weight is 240 g/mol. The normalized spacial score (nSPS) is 21.9. The summed E-state index contributed by atoms with van der Waals surface area (Å²) in [6.07, 6.45) is -4.41. The van der Waals surface area contributed by atoms with Crippen LogP contribution in [0.1, 0.15) is 0 Å². The Hall–Kier alpha value is -0.953. The van der Waals surface area contributed by atoms with Gasteiger partial charge in [0.2, 0.25) is 14.8 Å². The second kappa shape index (κ2) is 4.27. The minimum Gasteiger partial charge on any atom is -0.546 e. The van der Waals surface area contributed by atoms with Gasteiger partial charge in [0.1, 0.15) is 5.76 Å². The second-order valence-corrected chi connectivity index (χ2v) is 5.57. The van der Waals surface area contributed by atoms with Crippen LogP contribution < -0.4 is 0 Å². The Balaban J connectivity index is 2.79. The van der Waals surface area contributed by atoms with Gasteiger partial charge in [-0.25, -0.2) is 0 Å². The molecule has 0 aliphatic carbocycles. The van der Waals surface area contributed by atoms with E-state index in [0.717, 1.165) is 12.2 Å². The minimum absolute atomic E-state index is 0.0321. The Morgan fingerprint density at radius 2 is 2.00 bits per heavy atom. The molecule has 1 aliphatic heterocycles. The SMILES string of the molecule is C[SiH](C)OC1=CC=C(C(F)(F)F)OC1O. The Kier molecular flexibility index (Phi) is 3.45. The molecule has 0 radical (unpaired) electrons. The fourth-order valence-electron chi connectivity index (χ4n) is 0.989. The van der Waals surface area contributed by atoms with Crippen LogP contribution in [0.5, 0.6) is 0 Å². The molecule has 15 heavy (non-hydrogen) atoms. The highest BCUT2D eigenvalue weighted by Crippen LogP contribution is 2.31. The topological polar surface area (TPSA) is 38.7 Å². The molecule has 1 heterocycles. The lowest BCUT2D eigenvalue weighted by atomic mass is 10.3. The zero-order chi connectivity index (χ0) is 11.6. The maximum atomic E-state index is 12.1. The van der Waals surface area contributed by atoms with E-state index in [-0.39, 0.29) is 5.76 Å². The largest absolute Gasteiger partial charge is 0.546 e. The van der Waals surface area contributed by atoms with Gasteiger partial charge in [0.25, 0.3) is 6.29 Å². The van der Waals surface area contributed by atoms with Gasteiger partial charge in [0.15, 0.2) is 0 Å². The molecule has 0 aromatic carbocycles. The fraction of sp³-hybridized carbons (Fsp3) is 0.500. The van der Waals surface area contributed by atoms with Crippen molar-refractivity contribution in [2.45, 2.75) is 25.6 Å². The zero-order valence-corrected chi connectivity index (χ0v) is 9.36. The molecule has 0 saturated carbocycles. The standard InChI is InChI=1S/C8H11F3O3Si/c1-15(2)14-5-3-4-6(8(9,10)11)13-7(5)12/h3-4,7,12,15H,1-2H3. The first kappa shape index (κ1) is 12.1. The second-order valence-electron chi connectivity index (χ2n) is 3.23. The maximum absolute atomic E-state index is 12.1. The van der Waals surface area contributed by atoms with Crippen LogP contribution in [0.4, 0.5) is 13.2 Å². The van der Waals surface area contributed by atoms with Crippen molar-refractivity contribution in [1.29, 1.82) is 0 Å². The molecule has 1 atom stereocenters. The zero-order valence-electron chi connectivity index (χ0n) is 8.21. The maximum Gasteiger partial charge on any atom is 0.449 e. The fourth-order valence-corrected chi connectivity index (χ4v) is 1.73. The minimum atomic E-state index is -4.59. The van der Waals surface area contributed by atoms with Gasteiger partial charge < -0.3 is 14.3 Å². The number of hydrogen-bond acceptors (Lipinski definition) is 3. The predicted molar refractivity (Wildman–Crippen MR) is 49.3 cm³/mol. The lowest BCUT2D eigenvalue weighted by Gasteiger charge is -2.24. The Labute approximate surface area is 86.5 Å². The molecule has 3 nitrogen and oxygen atoms in total. The Bertz CT molecular complexity index is 296. The summed E-state index contributed by atoms with van der Waals surface area (Å²) in [5.74, 6) is -1.18. The van der Waals surface area contributed by atoms with Gasteiger partial charge in [-0.3, -0.25) is 0 Å². The van der Waals surface area contributed by atoms with Crippen LogP contribution in [-0.4, -0.2) is 26.6 Å². The van der Waals surface area contributed by atoms with Crippen molar-refractivity contribution in [2.24, 2.45) is 0 Å². The number of hydrogen-bond donors (Lipinski definition) is 1. The summed E-state index contributed by atoms with van der Waals surface area (Å²) in [5, 5.41) is 9.22. The molecule has 0 aromatic heterocycles. The van der Waals surface area contributed by atoms with Gasteiger partial charge in [-0.15, -0.1) is 0 Å². The van der Waals surface area contributed by atoms with Crippen LogP contribution in [0.25, 0.3) is 0 Å². The van der Waals surface area contributed by atoms with Crippen LogP contribution in [0.3, 0.4) is 0 Å². The van der Waals surface area contributed by atoms with Crippen LogP contribution in [0, 0.1) is 0 Å². The molecular weight excluding hydrogens is 229 g/mol. The monoisotopic (exact) mass is 240 g/mol. The molecule has 1 rings (SSSR count). The van der Waals surface area contributed by atoms with Crippen molar-refractivity contribution in [3.63, 3.8) is 0 Å². The van der Waals surface area contributed by atoms with Crippen molar-refractivity contribution >= 4 is 9.04 Å². The van der Waals surface area contributed by atoms with Crippen LogP contribution in [0.2, 0.25) is 13.1 Å². The number of halogens is 3. The molecule has 0 aromatic rings. The highest BCUT2D eigenvalue weighted by atomic mass is 28.3. The van der Waals surface area contributed by atoms with Gasteiger partial charge in [-0.2, -0.15) is 13.2 Å². The van der Waals surface area contributed by atoms with Gasteiger partial charge in [0.05, 0.1) is 0 Å². The quantitative estimate of drug-likeness (QED) is 0.746. The number of aliphatic hydroxyl groups excluding tert-OH is 1. The number of ether oxygens (including phenoxy) is 1. The molecule has 0 amide bonds. The van der Waals surface area contributed by atoms with E-state index in [1.165, 1.54) is 0 Å². The molecule has 86 valence electrons. The van der Waals surface area contributed by atoms with Gasteiger partial charge in [0, 0.05) is 0 Å². The van der Waals surface area contributed by atoms with Crippen molar-refractivity contribution in [1.82, 2.24) is 0 Å². The third kappa shape index (κ3) is 3.28. The van der Waals surface area contributed by atoms with E-state index in [0.29, 0.717) is 0 Å².